The Kier molecular flexibility index (Phi) is 39.9. The van der Waals surface area contributed by atoms with Crippen molar-refractivity contribution in [1.29, 1.82) is 0 Å². The van der Waals surface area contributed by atoms with Gasteiger partial charge in [-0.1, -0.05) is 0 Å². The minimum absolute atomic E-state index is 0. The van der Waals surface area contributed by atoms with E-state index in [2.05, 4.69) is 1.29 Å². The van der Waals surface area contributed by atoms with E-state index in [9.17, 15) is 19.6 Å². The average Bonchev–Trinajstić information content (AvgIpc) is 1.14. The summed E-state index contributed by atoms with van der Waals surface area (Å²) in [7, 11) is 0. The van der Waals surface area contributed by atoms with E-state index in [-0.39, 0.29) is 206 Å². The van der Waals surface area contributed by atoms with Crippen molar-refractivity contribution in [2.75, 3.05) is 0 Å². The van der Waals surface area contributed by atoms with Gasteiger partial charge in [0.15, 0.2) is 0 Å². The van der Waals surface area contributed by atoms with Gasteiger partial charge in [-0.05, 0) is 0 Å². The predicted octanol–water partition coefficient (Wildman–Crippen LogP) is -17.8. The van der Waals surface area contributed by atoms with Gasteiger partial charge < -0.3 is 0 Å². The second-order valence-electron chi connectivity index (χ2n) is 0.976. The predicted molar refractivity (Wildman–Crippen MR) is 14.0 cm³/mol. The van der Waals surface area contributed by atoms with Gasteiger partial charge in [0, 0.05) is 0 Å². The second kappa shape index (κ2) is 16.0. The number of rotatable bonds is 2. The Labute approximate surface area is 256 Å². The first-order chi connectivity index (χ1) is 3.71. The molecule has 0 fully saturated rings. The molecule has 0 bridgehead atoms. The molecule has 0 spiro atoms. The molecule has 0 radical (unpaired) electrons. The van der Waals surface area contributed by atoms with Crippen molar-refractivity contribution < 1.29 is 226 Å². The fourth-order valence-corrected chi connectivity index (χ4v) is 5.51. The summed E-state index contributed by atoms with van der Waals surface area (Å²) in [5.74, 6) is 0. The van der Waals surface area contributed by atoms with E-state index in [1.165, 1.54) is 0 Å². The SMILES string of the molecule is [K+].[K+].[K+].[K+].[O]=[Sb]([O-])([O-])[O][Sb](=[O])([O-])[O-]. The van der Waals surface area contributed by atoms with E-state index in [0.29, 0.717) is 0 Å². The molecule has 0 aliphatic carbocycles. The van der Waals surface area contributed by atoms with Crippen LogP contribution in [0.25, 0.3) is 0 Å². The van der Waals surface area contributed by atoms with E-state index >= 15 is 0 Å². The van der Waals surface area contributed by atoms with Crippen molar-refractivity contribution >= 4 is 40.1 Å². The second-order valence-corrected chi connectivity index (χ2v) is 9.67. The number of hydrogen-bond donors (Lipinski definition) is 0. The Morgan fingerprint density at radius 3 is 0.846 bits per heavy atom. The van der Waals surface area contributed by atoms with Crippen LogP contribution in [0, 0.1) is 0 Å². The van der Waals surface area contributed by atoms with Crippen molar-refractivity contribution in [2.24, 2.45) is 0 Å². The van der Waals surface area contributed by atoms with Crippen molar-refractivity contribution in [3.8, 4) is 0 Å². The van der Waals surface area contributed by atoms with Crippen molar-refractivity contribution in [2.45, 2.75) is 0 Å². The van der Waals surface area contributed by atoms with Crippen molar-refractivity contribution in [3.05, 3.63) is 0 Å². The molecule has 13 heavy (non-hydrogen) atoms. The van der Waals surface area contributed by atoms with Crippen LogP contribution in [0.1, 0.15) is 0 Å². The summed E-state index contributed by atoms with van der Waals surface area (Å²) < 4.78 is 59.3. The summed E-state index contributed by atoms with van der Waals surface area (Å²) in [5.41, 5.74) is 0. The zero-order valence-electron chi connectivity index (χ0n) is 7.75. The van der Waals surface area contributed by atoms with Gasteiger partial charge in [-0.2, -0.15) is 0 Å². The molecular weight excluding hydrogens is 512 g/mol. The van der Waals surface area contributed by atoms with Crippen LogP contribution in [0.4, 0.5) is 0 Å². The maximum atomic E-state index is 9.44. The molecular formula is K4O7Sb2. The fourth-order valence-electron chi connectivity index (χ4n) is 0.122. The van der Waals surface area contributed by atoms with E-state index in [4.69, 9.17) is 0 Å². The third kappa shape index (κ3) is 32.8. The Morgan fingerprint density at radius 2 is 0.846 bits per heavy atom. The van der Waals surface area contributed by atoms with E-state index < -0.39 is 40.1 Å². The summed E-state index contributed by atoms with van der Waals surface area (Å²) in [6.07, 6.45) is 0. The summed E-state index contributed by atoms with van der Waals surface area (Å²) in [5, 5.41) is 0. The zero-order chi connectivity index (χ0) is 7.71. The van der Waals surface area contributed by atoms with Gasteiger partial charge in [-0.25, -0.2) is 0 Å². The molecule has 13 heteroatoms. The molecule has 0 saturated heterocycles. The number of hydrogen-bond acceptors (Lipinski definition) is 7. The Hall–Kier alpha value is 7.58. The molecule has 0 saturated carbocycles. The Morgan fingerprint density at radius 1 is 0.692 bits per heavy atom. The molecule has 0 aliphatic heterocycles. The molecule has 0 rings (SSSR count). The summed E-state index contributed by atoms with van der Waals surface area (Å²) >= 11 is -12.9. The first-order valence-corrected chi connectivity index (χ1v) is 9.80. The van der Waals surface area contributed by atoms with Gasteiger partial charge >= 0.3 is 267 Å². The van der Waals surface area contributed by atoms with Gasteiger partial charge in [0.25, 0.3) is 0 Å². The standard InChI is InChI=1S/4K.7O.2Sb/q4*+1;;;;4*-1;;. The van der Waals surface area contributed by atoms with E-state index in [0.717, 1.165) is 0 Å². The van der Waals surface area contributed by atoms with Crippen LogP contribution in [-0.4, -0.2) is 40.1 Å². The van der Waals surface area contributed by atoms with Crippen LogP contribution in [0.5, 0.6) is 0 Å². The molecule has 0 aromatic heterocycles. The molecule has 0 atom stereocenters. The van der Waals surface area contributed by atoms with Gasteiger partial charge in [0.05, 0.1) is 0 Å². The van der Waals surface area contributed by atoms with Crippen LogP contribution in [0.3, 0.4) is 0 Å². The third-order valence-corrected chi connectivity index (χ3v) is 9.00. The normalized spacial score (nSPS) is 9.54. The third-order valence-electron chi connectivity index (χ3n) is 0.200. The molecule has 56 valence electrons. The Balaban J connectivity index is -0.0000000533. The fraction of sp³-hybridized carbons (Fsp3) is 0. The van der Waals surface area contributed by atoms with Gasteiger partial charge in [-0.3, -0.25) is 0 Å². The quantitative estimate of drug-likeness (QED) is 0.336. The summed E-state index contributed by atoms with van der Waals surface area (Å²) in [6, 6.07) is 0. The maximum absolute atomic E-state index is 9.44. The zero-order valence-corrected chi connectivity index (χ0v) is 25.4. The molecule has 0 unspecified atom stereocenters. The monoisotopic (exact) mass is 510 g/mol. The van der Waals surface area contributed by atoms with Crippen LogP contribution in [0.2, 0.25) is 0 Å². The first-order valence-electron chi connectivity index (χ1n) is 1.46. The van der Waals surface area contributed by atoms with Crippen LogP contribution >= 0.6 is 0 Å². The molecule has 0 aromatic rings. The molecule has 0 aliphatic rings. The average molecular weight is 512 g/mol. The van der Waals surface area contributed by atoms with Crippen LogP contribution in [-0.2, 0) is 7.33 Å². The molecule has 0 aromatic carbocycles. The van der Waals surface area contributed by atoms with E-state index in [1.807, 2.05) is 0 Å². The molecule has 7 nitrogen and oxygen atoms in total. The van der Waals surface area contributed by atoms with E-state index in [1.54, 1.807) is 0 Å². The topological polar surface area (TPSA) is 136 Å². The van der Waals surface area contributed by atoms with Crippen LogP contribution in [0.15, 0.2) is 0 Å². The summed E-state index contributed by atoms with van der Waals surface area (Å²) in [6.45, 7) is 0. The van der Waals surface area contributed by atoms with Crippen LogP contribution < -0.4 is 219 Å². The Bertz CT molecular complexity index is 159. The molecule has 0 N–H and O–H groups in total. The van der Waals surface area contributed by atoms with Gasteiger partial charge in [0.1, 0.15) is 0 Å². The molecule has 0 heterocycles. The van der Waals surface area contributed by atoms with Crippen molar-refractivity contribution in [1.82, 2.24) is 0 Å². The first kappa shape index (κ1) is 32.5. The summed E-state index contributed by atoms with van der Waals surface area (Å²) in [4.78, 5) is 0. The van der Waals surface area contributed by atoms with Gasteiger partial charge in [-0.15, -0.1) is 0 Å². The molecule has 0 amide bonds. The van der Waals surface area contributed by atoms with Gasteiger partial charge in [0.2, 0.25) is 0 Å². The van der Waals surface area contributed by atoms with Crippen molar-refractivity contribution in [3.63, 3.8) is 0 Å². The minimum atomic E-state index is -6.45.